The third-order valence-corrected chi connectivity index (χ3v) is 4.36. The van der Waals surface area contributed by atoms with Crippen LogP contribution < -0.4 is 10.2 Å². The number of carbonyl (C=O) groups excluding carboxylic acids is 3. The van der Waals surface area contributed by atoms with Crippen molar-refractivity contribution >= 4 is 40.7 Å². The molecule has 2 atom stereocenters. The summed E-state index contributed by atoms with van der Waals surface area (Å²) in [4.78, 5) is 37.5. The van der Waals surface area contributed by atoms with Crippen molar-refractivity contribution in [3.05, 3.63) is 35.4 Å². The monoisotopic (exact) mass is 318 g/mol. The molecule has 5 nitrogen and oxygen atoms in total. The lowest BCUT2D eigenvalue weighted by Gasteiger charge is -2.16. The Labute approximate surface area is 132 Å². The van der Waals surface area contributed by atoms with Gasteiger partial charge >= 0.3 is 0 Å². The number of carbonyl (C=O) groups is 3. The summed E-state index contributed by atoms with van der Waals surface area (Å²) in [6.45, 7) is 1.37. The molecule has 3 rings (SSSR count). The first kappa shape index (κ1) is 14.8. The fraction of sp³-hybridized carbons (Fsp3) is 0.312. The van der Waals surface area contributed by atoms with E-state index in [0.29, 0.717) is 29.2 Å². The van der Waals surface area contributed by atoms with Crippen LogP contribution in [-0.4, -0.2) is 17.7 Å². The lowest BCUT2D eigenvalue weighted by Crippen LogP contribution is -2.30. The van der Waals surface area contributed by atoms with E-state index in [0.717, 1.165) is 0 Å². The van der Waals surface area contributed by atoms with Gasteiger partial charge in [-0.1, -0.05) is 23.8 Å². The molecule has 1 N–H and O–H groups in total. The number of fused-ring (bicyclic) bond motifs is 1. The number of nitrogens with one attached hydrogen (secondary N) is 1. The summed E-state index contributed by atoms with van der Waals surface area (Å²) in [5.41, 5.74) is 0.831. The SMILES string of the molecule is CC(=O)Nc1cc(N2C(=O)C3CC=CCC3C2=O)ccc1Cl. The predicted octanol–water partition coefficient (Wildman–Crippen LogP) is 2.75. The lowest BCUT2D eigenvalue weighted by atomic mass is 9.85. The highest BCUT2D eigenvalue weighted by Crippen LogP contribution is 2.39. The highest BCUT2D eigenvalue weighted by molar-refractivity contribution is 6.34. The molecule has 0 saturated carbocycles. The van der Waals surface area contributed by atoms with Gasteiger partial charge in [-0.25, -0.2) is 4.90 Å². The molecule has 1 fully saturated rings. The first-order valence-electron chi connectivity index (χ1n) is 7.09. The van der Waals surface area contributed by atoms with Gasteiger partial charge in [0.25, 0.3) is 0 Å². The second-order valence-electron chi connectivity index (χ2n) is 5.51. The van der Waals surface area contributed by atoms with Gasteiger partial charge < -0.3 is 5.32 Å². The van der Waals surface area contributed by atoms with Gasteiger partial charge in [0, 0.05) is 6.92 Å². The molecule has 114 valence electrons. The summed E-state index contributed by atoms with van der Waals surface area (Å²) in [5, 5.41) is 2.96. The van der Waals surface area contributed by atoms with Crippen LogP contribution in [0.3, 0.4) is 0 Å². The van der Waals surface area contributed by atoms with E-state index >= 15 is 0 Å². The van der Waals surface area contributed by atoms with Crippen LogP contribution >= 0.6 is 11.6 Å². The van der Waals surface area contributed by atoms with Crippen molar-refractivity contribution in [3.63, 3.8) is 0 Å². The largest absolute Gasteiger partial charge is 0.325 e. The van der Waals surface area contributed by atoms with E-state index in [9.17, 15) is 14.4 Å². The van der Waals surface area contributed by atoms with Gasteiger partial charge in [0.1, 0.15) is 0 Å². The van der Waals surface area contributed by atoms with E-state index in [4.69, 9.17) is 11.6 Å². The zero-order valence-corrected chi connectivity index (χ0v) is 12.8. The second kappa shape index (κ2) is 5.57. The number of imide groups is 1. The lowest BCUT2D eigenvalue weighted by molar-refractivity contribution is -0.122. The molecule has 0 bridgehead atoms. The fourth-order valence-corrected chi connectivity index (χ4v) is 3.16. The van der Waals surface area contributed by atoms with E-state index in [1.54, 1.807) is 18.2 Å². The molecule has 0 radical (unpaired) electrons. The summed E-state index contributed by atoms with van der Waals surface area (Å²) < 4.78 is 0. The molecular weight excluding hydrogens is 304 g/mol. The molecule has 3 amide bonds. The molecule has 1 aromatic carbocycles. The molecule has 2 aliphatic rings. The maximum Gasteiger partial charge on any atom is 0.238 e. The number of rotatable bonds is 2. The van der Waals surface area contributed by atoms with Crippen LogP contribution in [0.1, 0.15) is 19.8 Å². The first-order chi connectivity index (χ1) is 10.5. The van der Waals surface area contributed by atoms with Crippen LogP contribution in [-0.2, 0) is 14.4 Å². The average molecular weight is 319 g/mol. The van der Waals surface area contributed by atoms with Crippen molar-refractivity contribution in [2.24, 2.45) is 11.8 Å². The van der Waals surface area contributed by atoms with Crippen LogP contribution in [0, 0.1) is 11.8 Å². The van der Waals surface area contributed by atoms with Crippen molar-refractivity contribution in [3.8, 4) is 0 Å². The van der Waals surface area contributed by atoms with E-state index in [1.807, 2.05) is 12.2 Å². The second-order valence-corrected chi connectivity index (χ2v) is 5.92. The summed E-state index contributed by atoms with van der Waals surface area (Å²) >= 11 is 6.03. The van der Waals surface area contributed by atoms with Crippen LogP contribution in [0.15, 0.2) is 30.4 Å². The molecule has 1 aliphatic carbocycles. The van der Waals surface area contributed by atoms with Crippen LogP contribution in [0.5, 0.6) is 0 Å². The van der Waals surface area contributed by atoms with Crippen LogP contribution in [0.2, 0.25) is 5.02 Å². The third-order valence-electron chi connectivity index (χ3n) is 4.03. The number of anilines is 2. The average Bonchev–Trinajstić information content (AvgIpc) is 2.74. The van der Waals surface area contributed by atoms with Gasteiger partial charge in [0.2, 0.25) is 17.7 Å². The van der Waals surface area contributed by atoms with E-state index in [2.05, 4.69) is 5.32 Å². The van der Waals surface area contributed by atoms with Gasteiger partial charge in [-0.3, -0.25) is 14.4 Å². The van der Waals surface area contributed by atoms with Crippen LogP contribution in [0.4, 0.5) is 11.4 Å². The molecule has 1 aliphatic heterocycles. The molecular formula is C16H15ClN2O3. The van der Waals surface area contributed by atoms with E-state index < -0.39 is 0 Å². The summed E-state index contributed by atoms with van der Waals surface area (Å²) in [6.07, 6.45) is 5.08. The van der Waals surface area contributed by atoms with Gasteiger partial charge in [-0.05, 0) is 31.0 Å². The Morgan fingerprint density at radius 1 is 1.18 bits per heavy atom. The molecule has 1 aromatic rings. The summed E-state index contributed by atoms with van der Waals surface area (Å²) in [5.74, 6) is -1.20. The Kier molecular flexibility index (Phi) is 3.74. The smallest absolute Gasteiger partial charge is 0.238 e. The number of hydrogen-bond donors (Lipinski definition) is 1. The number of amides is 3. The van der Waals surface area contributed by atoms with Gasteiger partial charge in [-0.15, -0.1) is 0 Å². The standard InChI is InChI=1S/C16H15ClN2O3/c1-9(20)18-14-8-10(6-7-13(14)17)19-15(21)11-4-2-3-5-12(11)16(19)22/h2-3,6-8,11-12H,4-5H2,1H3,(H,18,20). The maximum absolute atomic E-state index is 12.5. The normalized spacial score (nSPS) is 23.6. The molecule has 2 unspecified atom stereocenters. The highest BCUT2D eigenvalue weighted by atomic mass is 35.5. The minimum atomic E-state index is -0.280. The van der Waals surface area contributed by atoms with Gasteiger partial charge in [0.15, 0.2) is 0 Å². The Hall–Kier alpha value is -2.14. The van der Waals surface area contributed by atoms with Crippen molar-refractivity contribution in [1.82, 2.24) is 0 Å². The molecule has 1 heterocycles. The van der Waals surface area contributed by atoms with Crippen molar-refractivity contribution in [2.75, 3.05) is 10.2 Å². The number of nitrogens with zero attached hydrogens (tertiary/aromatic N) is 1. The third kappa shape index (κ3) is 2.41. The van der Waals surface area contributed by atoms with Crippen molar-refractivity contribution in [1.29, 1.82) is 0 Å². The molecule has 1 saturated heterocycles. The molecule has 6 heteroatoms. The molecule has 22 heavy (non-hydrogen) atoms. The fourth-order valence-electron chi connectivity index (χ4n) is 2.99. The molecule has 0 aromatic heterocycles. The zero-order chi connectivity index (χ0) is 15.9. The summed E-state index contributed by atoms with van der Waals surface area (Å²) in [7, 11) is 0. The van der Waals surface area contributed by atoms with Gasteiger partial charge in [0.05, 0.1) is 28.2 Å². The number of benzene rings is 1. The minimum Gasteiger partial charge on any atom is -0.325 e. The minimum absolute atomic E-state index is 0.185. The van der Waals surface area contributed by atoms with E-state index in [-0.39, 0.29) is 29.6 Å². The number of hydrogen-bond acceptors (Lipinski definition) is 3. The van der Waals surface area contributed by atoms with Crippen molar-refractivity contribution in [2.45, 2.75) is 19.8 Å². The van der Waals surface area contributed by atoms with Crippen molar-refractivity contribution < 1.29 is 14.4 Å². The Balaban J connectivity index is 1.96. The first-order valence-corrected chi connectivity index (χ1v) is 7.47. The van der Waals surface area contributed by atoms with Gasteiger partial charge in [-0.2, -0.15) is 0 Å². The topological polar surface area (TPSA) is 66.5 Å². The predicted molar refractivity (Wildman–Crippen MR) is 83.6 cm³/mol. The van der Waals surface area contributed by atoms with Crippen LogP contribution in [0.25, 0.3) is 0 Å². The van der Waals surface area contributed by atoms with E-state index in [1.165, 1.54) is 11.8 Å². The Morgan fingerprint density at radius 2 is 1.77 bits per heavy atom. The number of halogens is 1. The highest BCUT2D eigenvalue weighted by Gasteiger charge is 2.47. The molecule has 0 spiro atoms. The zero-order valence-electron chi connectivity index (χ0n) is 12.0. The Morgan fingerprint density at radius 3 is 2.32 bits per heavy atom. The maximum atomic E-state index is 12.5. The Bertz CT molecular complexity index is 673. The quantitative estimate of drug-likeness (QED) is 0.673. The number of allylic oxidation sites excluding steroid dienone is 2. The summed E-state index contributed by atoms with van der Waals surface area (Å²) in [6, 6.07) is 4.75.